The molecule has 0 spiro atoms. The molecule has 2 amide bonds. The lowest BCUT2D eigenvalue weighted by atomic mass is 10.1. The maximum absolute atomic E-state index is 13.0. The summed E-state index contributed by atoms with van der Waals surface area (Å²) in [5.74, 6) is -1.57. The highest BCUT2D eigenvalue weighted by atomic mass is 16.7. The predicted molar refractivity (Wildman–Crippen MR) is 116 cm³/mol. The highest BCUT2D eigenvalue weighted by Gasteiger charge is 2.24. The number of carboxylic acid groups (broad SMARTS) is 1. The second-order valence-electron chi connectivity index (χ2n) is 7.16. The number of carbonyl (C=O) groups is 3. The summed E-state index contributed by atoms with van der Waals surface area (Å²) in [6.07, 6.45) is 2.82. The summed E-state index contributed by atoms with van der Waals surface area (Å²) < 4.78 is 15.7. The number of benzene rings is 2. The number of hydrogen-bond donors (Lipinski definition) is 3. The highest BCUT2D eigenvalue weighted by Crippen LogP contribution is 2.33. The van der Waals surface area contributed by atoms with E-state index in [-0.39, 0.29) is 24.7 Å². The second kappa shape index (κ2) is 9.73. The zero-order chi connectivity index (χ0) is 23.2. The minimum absolute atomic E-state index is 0.00143. The van der Waals surface area contributed by atoms with E-state index in [1.54, 1.807) is 42.5 Å². The zero-order valence-electron chi connectivity index (χ0n) is 17.3. The van der Waals surface area contributed by atoms with Crippen LogP contribution in [-0.4, -0.2) is 35.7 Å². The summed E-state index contributed by atoms with van der Waals surface area (Å²) >= 11 is 0. The molecule has 0 saturated heterocycles. The van der Waals surface area contributed by atoms with E-state index in [4.69, 9.17) is 13.9 Å². The normalized spacial score (nSPS) is 13.3. The third kappa shape index (κ3) is 5.40. The van der Waals surface area contributed by atoms with Gasteiger partial charge in [-0.05, 0) is 41.5 Å². The van der Waals surface area contributed by atoms with Gasteiger partial charge < -0.3 is 29.6 Å². The molecule has 0 radical (unpaired) electrons. The van der Waals surface area contributed by atoms with Gasteiger partial charge in [-0.1, -0.05) is 36.4 Å². The van der Waals surface area contributed by atoms with Gasteiger partial charge in [0.15, 0.2) is 17.3 Å². The van der Waals surface area contributed by atoms with Crippen LogP contribution in [0.25, 0.3) is 6.08 Å². The van der Waals surface area contributed by atoms with Crippen LogP contribution in [0, 0.1) is 0 Å². The fourth-order valence-corrected chi connectivity index (χ4v) is 3.21. The molecular formula is C24H20N2O7. The molecule has 33 heavy (non-hydrogen) atoms. The van der Waals surface area contributed by atoms with Gasteiger partial charge in [0.25, 0.3) is 11.8 Å². The lowest BCUT2D eigenvalue weighted by molar-refractivity contribution is -0.141. The van der Waals surface area contributed by atoms with E-state index in [1.165, 1.54) is 24.5 Å². The largest absolute Gasteiger partial charge is 0.480 e. The number of rotatable bonds is 8. The number of aliphatic carboxylic acids is 1. The summed E-state index contributed by atoms with van der Waals surface area (Å²) in [5.41, 5.74) is 1.12. The van der Waals surface area contributed by atoms with Crippen molar-refractivity contribution in [2.24, 2.45) is 0 Å². The molecule has 0 unspecified atom stereocenters. The minimum atomic E-state index is -1.21. The number of fused-ring (bicyclic) bond motifs is 1. The molecule has 9 nitrogen and oxygen atoms in total. The maximum atomic E-state index is 13.0. The Balaban J connectivity index is 1.59. The van der Waals surface area contributed by atoms with Crippen LogP contribution in [0.4, 0.5) is 0 Å². The summed E-state index contributed by atoms with van der Waals surface area (Å²) in [4.78, 5) is 37.4. The van der Waals surface area contributed by atoms with E-state index in [1.807, 2.05) is 6.07 Å². The van der Waals surface area contributed by atoms with Crippen molar-refractivity contribution in [1.29, 1.82) is 0 Å². The molecule has 1 aromatic heterocycles. The molecule has 1 atom stereocenters. The molecule has 3 N–H and O–H groups in total. The summed E-state index contributed by atoms with van der Waals surface area (Å²) in [7, 11) is 0. The minimum Gasteiger partial charge on any atom is -0.480 e. The van der Waals surface area contributed by atoms with Gasteiger partial charge >= 0.3 is 5.97 Å². The van der Waals surface area contributed by atoms with Gasteiger partial charge in [-0.25, -0.2) is 4.79 Å². The van der Waals surface area contributed by atoms with E-state index in [0.717, 1.165) is 5.56 Å². The topological polar surface area (TPSA) is 127 Å². The SMILES string of the molecule is O=C(N[C@H](Cc1ccccc1)C(=O)O)/C(=C/c1ccc2c(c1)OCO2)NC(=O)c1ccco1. The fraction of sp³-hybridized carbons (Fsp3) is 0.125. The molecule has 3 aromatic rings. The lowest BCUT2D eigenvalue weighted by Crippen LogP contribution is -2.45. The average molecular weight is 448 g/mol. The number of amides is 2. The van der Waals surface area contributed by atoms with E-state index in [2.05, 4.69) is 10.6 Å². The number of nitrogens with one attached hydrogen (secondary N) is 2. The van der Waals surface area contributed by atoms with Crippen molar-refractivity contribution < 1.29 is 33.4 Å². The van der Waals surface area contributed by atoms with Crippen LogP contribution in [0.2, 0.25) is 0 Å². The Morgan fingerprint density at radius 2 is 1.79 bits per heavy atom. The molecule has 0 aliphatic carbocycles. The Labute approximate surface area is 188 Å². The van der Waals surface area contributed by atoms with Gasteiger partial charge in [0.05, 0.1) is 6.26 Å². The Hall–Kier alpha value is -4.53. The zero-order valence-corrected chi connectivity index (χ0v) is 17.3. The van der Waals surface area contributed by atoms with Crippen molar-refractivity contribution in [3.05, 3.63) is 89.5 Å². The van der Waals surface area contributed by atoms with Gasteiger partial charge in [0, 0.05) is 6.42 Å². The first-order chi connectivity index (χ1) is 16.0. The summed E-state index contributed by atoms with van der Waals surface area (Å²) in [6, 6.07) is 15.7. The molecule has 2 aromatic carbocycles. The molecule has 2 heterocycles. The smallest absolute Gasteiger partial charge is 0.326 e. The Kier molecular flexibility index (Phi) is 6.40. The number of furan rings is 1. The van der Waals surface area contributed by atoms with Gasteiger partial charge in [-0.15, -0.1) is 0 Å². The maximum Gasteiger partial charge on any atom is 0.326 e. The first-order valence-corrected chi connectivity index (χ1v) is 10.0. The number of ether oxygens (including phenoxy) is 2. The first-order valence-electron chi connectivity index (χ1n) is 10.0. The predicted octanol–water partition coefficient (Wildman–Crippen LogP) is 2.59. The van der Waals surface area contributed by atoms with Crippen molar-refractivity contribution in [2.45, 2.75) is 12.5 Å². The lowest BCUT2D eigenvalue weighted by Gasteiger charge is -2.16. The highest BCUT2D eigenvalue weighted by molar-refractivity contribution is 6.05. The standard InChI is InChI=1S/C24H20N2O7/c27-22(26-18(24(29)30)11-15-5-2-1-3-6-15)17(25-23(28)20-7-4-10-31-20)12-16-8-9-19-21(13-16)33-14-32-19/h1-10,12-13,18H,11,14H2,(H,25,28)(H,26,27)(H,29,30)/b17-12-/t18-/m1/s1. The Morgan fingerprint density at radius 1 is 1.00 bits per heavy atom. The van der Waals surface area contributed by atoms with Gasteiger partial charge in [-0.3, -0.25) is 9.59 Å². The van der Waals surface area contributed by atoms with E-state index >= 15 is 0 Å². The number of carbonyl (C=O) groups excluding carboxylic acids is 2. The fourth-order valence-electron chi connectivity index (χ4n) is 3.21. The molecule has 0 bridgehead atoms. The van der Waals surface area contributed by atoms with Crippen molar-refractivity contribution in [3.8, 4) is 11.5 Å². The molecule has 0 saturated carbocycles. The van der Waals surface area contributed by atoms with E-state index in [9.17, 15) is 19.5 Å². The third-order valence-corrected chi connectivity index (χ3v) is 4.83. The van der Waals surface area contributed by atoms with Crippen LogP contribution < -0.4 is 20.1 Å². The number of carboxylic acids is 1. The van der Waals surface area contributed by atoms with Crippen LogP contribution in [0.3, 0.4) is 0 Å². The second-order valence-corrected chi connectivity index (χ2v) is 7.16. The number of hydrogen-bond acceptors (Lipinski definition) is 6. The first kappa shape index (κ1) is 21.7. The molecule has 9 heteroatoms. The summed E-state index contributed by atoms with van der Waals surface area (Å²) in [6.45, 7) is 0.0881. The van der Waals surface area contributed by atoms with Crippen LogP contribution in [0.5, 0.6) is 11.5 Å². The molecule has 1 aliphatic heterocycles. The van der Waals surface area contributed by atoms with Crippen molar-refractivity contribution in [3.63, 3.8) is 0 Å². The van der Waals surface area contributed by atoms with Gasteiger partial charge in [-0.2, -0.15) is 0 Å². The molecule has 1 aliphatic rings. The van der Waals surface area contributed by atoms with E-state index in [0.29, 0.717) is 17.1 Å². The van der Waals surface area contributed by atoms with Crippen LogP contribution in [-0.2, 0) is 16.0 Å². The van der Waals surface area contributed by atoms with Crippen LogP contribution in [0.15, 0.2) is 77.0 Å². The average Bonchev–Trinajstić information content (AvgIpc) is 3.50. The monoisotopic (exact) mass is 448 g/mol. The quantitative estimate of drug-likeness (QED) is 0.452. The van der Waals surface area contributed by atoms with E-state index < -0.39 is 23.8 Å². The van der Waals surface area contributed by atoms with Crippen molar-refractivity contribution >= 4 is 23.9 Å². The third-order valence-electron chi connectivity index (χ3n) is 4.83. The Bertz CT molecular complexity index is 1190. The van der Waals surface area contributed by atoms with Gasteiger partial charge in [0.2, 0.25) is 6.79 Å². The molecule has 168 valence electrons. The summed E-state index contributed by atoms with van der Waals surface area (Å²) in [5, 5.41) is 14.6. The molecule has 4 rings (SSSR count). The Morgan fingerprint density at radius 3 is 2.52 bits per heavy atom. The molecule has 0 fully saturated rings. The van der Waals surface area contributed by atoms with Crippen LogP contribution in [0.1, 0.15) is 21.7 Å². The van der Waals surface area contributed by atoms with Crippen molar-refractivity contribution in [2.75, 3.05) is 6.79 Å². The van der Waals surface area contributed by atoms with Gasteiger partial charge in [0.1, 0.15) is 11.7 Å². The van der Waals surface area contributed by atoms with Crippen LogP contribution >= 0.6 is 0 Å². The van der Waals surface area contributed by atoms with Crippen molar-refractivity contribution in [1.82, 2.24) is 10.6 Å². The molecular weight excluding hydrogens is 428 g/mol.